The number of benzene rings is 2. The minimum absolute atomic E-state index is 0.0246. The van der Waals surface area contributed by atoms with Crippen molar-refractivity contribution in [2.45, 2.75) is 6.29 Å². The molecule has 1 N–H and O–H groups in total. The Morgan fingerprint density at radius 1 is 1.06 bits per heavy atom. The van der Waals surface area contributed by atoms with Crippen LogP contribution >= 0.6 is 0 Å². The zero-order valence-corrected chi connectivity index (χ0v) is 16.2. The van der Waals surface area contributed by atoms with Crippen LogP contribution in [0.3, 0.4) is 0 Å². The molecule has 0 bridgehead atoms. The van der Waals surface area contributed by atoms with Crippen LogP contribution in [0.5, 0.6) is 11.5 Å². The Bertz CT molecular complexity index is 1180. The first kappa shape index (κ1) is 21.0. The molecule has 32 heavy (non-hydrogen) atoms. The zero-order chi connectivity index (χ0) is 23.0. The number of alkyl halides is 2. The van der Waals surface area contributed by atoms with Gasteiger partial charge in [-0.1, -0.05) is 6.08 Å². The van der Waals surface area contributed by atoms with Gasteiger partial charge in [0.25, 0.3) is 17.7 Å². The van der Waals surface area contributed by atoms with Gasteiger partial charge in [0, 0.05) is 18.3 Å². The van der Waals surface area contributed by atoms with Crippen molar-refractivity contribution < 1.29 is 42.2 Å². The number of fused-ring (bicyclic) bond motifs is 2. The Morgan fingerprint density at radius 2 is 1.78 bits per heavy atom. The monoisotopic (exact) mass is 444 g/mol. The van der Waals surface area contributed by atoms with Crippen molar-refractivity contribution in [3.63, 3.8) is 0 Å². The van der Waals surface area contributed by atoms with Crippen molar-refractivity contribution in [2.24, 2.45) is 0 Å². The molecule has 2 aromatic rings. The lowest BCUT2D eigenvalue weighted by atomic mass is 10.1. The molecule has 0 aromatic heterocycles. The van der Waals surface area contributed by atoms with Crippen molar-refractivity contribution in [2.75, 3.05) is 18.5 Å². The number of nitrogens with one attached hydrogen (secondary N) is 1. The van der Waals surface area contributed by atoms with Gasteiger partial charge in [0.05, 0.1) is 16.7 Å². The van der Waals surface area contributed by atoms with Crippen LogP contribution in [-0.4, -0.2) is 48.0 Å². The number of rotatable bonds is 6. The highest BCUT2D eigenvalue weighted by Gasteiger charge is 2.43. The molecule has 2 aromatic carbocycles. The number of carbonyl (C=O) groups excluding carboxylic acids is 4. The van der Waals surface area contributed by atoms with Gasteiger partial charge in [-0.15, -0.1) is 15.4 Å². The number of anilines is 1. The number of imide groups is 1. The first-order chi connectivity index (χ1) is 15.2. The molecular weight excluding hydrogens is 430 g/mol. The van der Waals surface area contributed by atoms with Crippen LogP contribution in [-0.2, 0) is 9.53 Å². The lowest BCUT2D eigenvalue weighted by molar-refractivity contribution is -0.286. The van der Waals surface area contributed by atoms with E-state index >= 15 is 0 Å². The van der Waals surface area contributed by atoms with Crippen LogP contribution in [0.4, 0.5) is 14.5 Å². The molecule has 0 spiro atoms. The minimum Gasteiger partial charge on any atom is -0.452 e. The third kappa shape index (κ3) is 3.87. The first-order valence-electron chi connectivity index (χ1n) is 9.16. The normalized spacial score (nSPS) is 15.4. The summed E-state index contributed by atoms with van der Waals surface area (Å²) in [5.74, 6) is -3.14. The van der Waals surface area contributed by atoms with Crippen LogP contribution in [0.25, 0.3) is 0 Å². The summed E-state index contributed by atoms with van der Waals surface area (Å²) < 4.78 is 39.6. The molecule has 2 heterocycles. The second-order valence-electron chi connectivity index (χ2n) is 6.72. The summed E-state index contributed by atoms with van der Waals surface area (Å²) in [6, 6.07) is 7.49. The zero-order valence-electron chi connectivity index (χ0n) is 16.2. The standard InChI is InChI=1S/C21H14F2N2O7/c1-2-7-25-18(27)13-5-3-11(8-14(13)19(25)28)20(29)30-10-17(26)24-12-4-6-15-16(9-12)32-21(22,23)31-15/h2-6,8-9H,1,7,10H2,(H,24,26). The Morgan fingerprint density at radius 3 is 2.53 bits per heavy atom. The van der Waals surface area contributed by atoms with Gasteiger partial charge < -0.3 is 19.5 Å². The van der Waals surface area contributed by atoms with E-state index in [4.69, 9.17) is 4.74 Å². The summed E-state index contributed by atoms with van der Waals surface area (Å²) in [5, 5.41) is 2.37. The number of ether oxygens (including phenoxy) is 3. The van der Waals surface area contributed by atoms with E-state index in [1.54, 1.807) is 0 Å². The second kappa shape index (κ2) is 7.76. The topological polar surface area (TPSA) is 111 Å². The molecule has 9 nitrogen and oxygen atoms in total. The molecule has 0 atom stereocenters. The average molecular weight is 444 g/mol. The highest BCUT2D eigenvalue weighted by Crippen LogP contribution is 2.42. The molecule has 4 rings (SSSR count). The molecule has 3 amide bonds. The molecule has 11 heteroatoms. The molecular formula is C21H14F2N2O7. The molecule has 0 unspecified atom stereocenters. The first-order valence-corrected chi connectivity index (χ1v) is 9.16. The van der Waals surface area contributed by atoms with Gasteiger partial charge in [-0.3, -0.25) is 19.3 Å². The Hall–Kier alpha value is -4.28. The van der Waals surface area contributed by atoms with E-state index in [-0.39, 0.29) is 40.4 Å². The van der Waals surface area contributed by atoms with Crippen molar-refractivity contribution >= 4 is 29.4 Å². The predicted octanol–water partition coefficient (Wildman–Crippen LogP) is 2.59. The maximum Gasteiger partial charge on any atom is 0.586 e. The summed E-state index contributed by atoms with van der Waals surface area (Å²) in [6.45, 7) is 2.84. The van der Waals surface area contributed by atoms with E-state index in [1.807, 2.05) is 0 Å². The smallest absolute Gasteiger partial charge is 0.452 e. The molecule has 164 valence electrons. The molecule has 2 aliphatic rings. The summed E-state index contributed by atoms with van der Waals surface area (Å²) in [4.78, 5) is 49.9. The highest BCUT2D eigenvalue weighted by atomic mass is 19.3. The van der Waals surface area contributed by atoms with Gasteiger partial charge in [-0.25, -0.2) is 4.79 Å². The molecule has 0 saturated heterocycles. The Kier molecular flexibility index (Phi) is 5.09. The van der Waals surface area contributed by atoms with Crippen LogP contribution in [0.15, 0.2) is 49.1 Å². The number of amides is 3. The van der Waals surface area contributed by atoms with E-state index < -0.39 is 36.6 Å². The molecule has 0 aliphatic carbocycles. The Balaban J connectivity index is 1.37. The van der Waals surface area contributed by atoms with Crippen LogP contribution in [0.2, 0.25) is 0 Å². The minimum atomic E-state index is -3.79. The van der Waals surface area contributed by atoms with Crippen molar-refractivity contribution in [3.05, 3.63) is 65.7 Å². The van der Waals surface area contributed by atoms with E-state index in [2.05, 4.69) is 21.4 Å². The van der Waals surface area contributed by atoms with Crippen molar-refractivity contribution in [1.82, 2.24) is 4.90 Å². The van der Waals surface area contributed by atoms with Crippen LogP contribution in [0, 0.1) is 0 Å². The lowest BCUT2D eigenvalue weighted by Gasteiger charge is -2.09. The third-order valence-electron chi connectivity index (χ3n) is 4.54. The fourth-order valence-electron chi connectivity index (χ4n) is 3.15. The summed E-state index contributed by atoms with van der Waals surface area (Å²) in [6.07, 6.45) is -2.38. The number of halogens is 2. The van der Waals surface area contributed by atoms with Gasteiger partial charge in [-0.2, -0.15) is 0 Å². The van der Waals surface area contributed by atoms with E-state index in [0.717, 1.165) is 11.0 Å². The van der Waals surface area contributed by atoms with Crippen LogP contribution in [0.1, 0.15) is 31.1 Å². The fraction of sp³-hybridized carbons (Fsp3) is 0.143. The second-order valence-corrected chi connectivity index (χ2v) is 6.72. The summed E-state index contributed by atoms with van der Waals surface area (Å²) >= 11 is 0. The summed E-state index contributed by atoms with van der Waals surface area (Å²) in [5.41, 5.74) is 0.297. The number of hydrogen-bond acceptors (Lipinski definition) is 7. The Labute approximate surface area is 179 Å². The largest absolute Gasteiger partial charge is 0.586 e. The maximum absolute atomic E-state index is 13.1. The number of nitrogens with zero attached hydrogens (tertiary/aromatic N) is 1. The summed E-state index contributed by atoms with van der Waals surface area (Å²) in [7, 11) is 0. The lowest BCUT2D eigenvalue weighted by Crippen LogP contribution is -2.29. The fourth-order valence-corrected chi connectivity index (χ4v) is 3.15. The maximum atomic E-state index is 13.1. The quantitative estimate of drug-likeness (QED) is 0.414. The van der Waals surface area contributed by atoms with Gasteiger partial charge in [-0.05, 0) is 30.3 Å². The van der Waals surface area contributed by atoms with Gasteiger partial charge >= 0.3 is 12.3 Å². The average Bonchev–Trinajstić information content (AvgIpc) is 3.18. The van der Waals surface area contributed by atoms with Gasteiger partial charge in [0.15, 0.2) is 18.1 Å². The molecule has 0 saturated carbocycles. The highest BCUT2D eigenvalue weighted by molar-refractivity contribution is 6.22. The van der Waals surface area contributed by atoms with Gasteiger partial charge in [0.2, 0.25) is 0 Å². The number of carbonyl (C=O) groups is 4. The SMILES string of the molecule is C=CCN1C(=O)c2ccc(C(=O)OCC(=O)Nc3ccc4c(c3)OC(F)(F)O4)cc2C1=O. The van der Waals surface area contributed by atoms with E-state index in [1.165, 1.54) is 36.4 Å². The molecule has 2 aliphatic heterocycles. The van der Waals surface area contributed by atoms with Crippen molar-refractivity contribution in [1.29, 1.82) is 0 Å². The van der Waals surface area contributed by atoms with Crippen LogP contribution < -0.4 is 14.8 Å². The molecule has 0 radical (unpaired) electrons. The van der Waals surface area contributed by atoms with Crippen molar-refractivity contribution in [3.8, 4) is 11.5 Å². The third-order valence-corrected chi connectivity index (χ3v) is 4.54. The van der Waals surface area contributed by atoms with E-state index in [0.29, 0.717) is 0 Å². The number of esters is 1. The predicted molar refractivity (Wildman–Crippen MR) is 104 cm³/mol. The van der Waals surface area contributed by atoms with Gasteiger partial charge in [0.1, 0.15) is 0 Å². The molecule has 0 fully saturated rings. The number of hydrogen-bond donors (Lipinski definition) is 1. The van der Waals surface area contributed by atoms with E-state index in [9.17, 15) is 28.0 Å².